The summed E-state index contributed by atoms with van der Waals surface area (Å²) in [5.41, 5.74) is 0.403. The molecular weight excluding hydrogens is 206 g/mol. The molecule has 4 nitrogen and oxygen atoms in total. The lowest BCUT2D eigenvalue weighted by Gasteiger charge is -2.10. The number of carbonyl (C=O) groups is 2. The first kappa shape index (κ1) is 12.1. The predicted octanol–water partition coefficient (Wildman–Crippen LogP) is 1.63. The number of ketones is 1. The Hall–Kier alpha value is -1.97. The molecule has 1 heterocycles. The van der Waals surface area contributed by atoms with Crippen LogP contribution in [0, 0.1) is 5.92 Å². The minimum Gasteiger partial charge on any atom is -0.468 e. The summed E-state index contributed by atoms with van der Waals surface area (Å²) in [5.74, 6) is -1.67. The summed E-state index contributed by atoms with van der Waals surface area (Å²) in [6.45, 7) is 3.52. The Kier molecular flexibility index (Phi) is 4.39. The van der Waals surface area contributed by atoms with Gasteiger partial charge in [-0.25, -0.2) is 0 Å². The molecule has 1 aromatic heterocycles. The van der Waals surface area contributed by atoms with Gasteiger partial charge in [0.1, 0.15) is 5.92 Å². The highest BCUT2D eigenvalue weighted by Crippen LogP contribution is 2.13. The fraction of sp³-hybridized carbons (Fsp3) is 0.250. The van der Waals surface area contributed by atoms with Crippen LogP contribution < -0.4 is 0 Å². The molecule has 0 amide bonds. The van der Waals surface area contributed by atoms with Gasteiger partial charge in [0.15, 0.2) is 5.78 Å². The molecule has 0 aliphatic heterocycles. The highest BCUT2D eigenvalue weighted by molar-refractivity contribution is 6.08. The van der Waals surface area contributed by atoms with Crippen molar-refractivity contribution in [2.45, 2.75) is 6.42 Å². The van der Waals surface area contributed by atoms with E-state index in [1.54, 1.807) is 18.3 Å². The standard InChI is InChI=1S/C12H13NO3/c1-3-5-10(12(15)16-2)11(14)9-6-4-7-13-8-9/h3-4,6-8,10H,1,5H2,2H3. The van der Waals surface area contributed by atoms with Gasteiger partial charge in [-0.15, -0.1) is 6.58 Å². The topological polar surface area (TPSA) is 56.3 Å². The number of aromatic nitrogens is 1. The molecule has 84 valence electrons. The van der Waals surface area contributed by atoms with Crippen molar-refractivity contribution in [2.75, 3.05) is 7.11 Å². The minimum absolute atomic E-state index is 0.264. The second-order valence-corrected chi connectivity index (χ2v) is 3.21. The molecule has 0 aromatic carbocycles. The summed E-state index contributed by atoms with van der Waals surface area (Å²) in [5, 5.41) is 0. The van der Waals surface area contributed by atoms with Crippen LogP contribution in [0.25, 0.3) is 0 Å². The average molecular weight is 219 g/mol. The quantitative estimate of drug-likeness (QED) is 0.327. The fourth-order valence-electron chi connectivity index (χ4n) is 1.33. The van der Waals surface area contributed by atoms with Gasteiger partial charge in [0.05, 0.1) is 7.11 Å². The van der Waals surface area contributed by atoms with Gasteiger partial charge in [0.25, 0.3) is 0 Å². The van der Waals surface area contributed by atoms with E-state index in [4.69, 9.17) is 0 Å². The number of ether oxygens (including phenoxy) is 1. The number of esters is 1. The molecule has 0 N–H and O–H groups in total. The smallest absolute Gasteiger partial charge is 0.316 e. The van der Waals surface area contributed by atoms with E-state index in [1.807, 2.05) is 0 Å². The zero-order valence-corrected chi connectivity index (χ0v) is 9.05. The largest absolute Gasteiger partial charge is 0.468 e. The second kappa shape index (κ2) is 5.80. The average Bonchev–Trinajstić information content (AvgIpc) is 2.35. The van der Waals surface area contributed by atoms with Crippen LogP contribution in [0.1, 0.15) is 16.8 Å². The van der Waals surface area contributed by atoms with Crippen LogP contribution in [-0.4, -0.2) is 23.8 Å². The van der Waals surface area contributed by atoms with Crippen molar-refractivity contribution in [3.63, 3.8) is 0 Å². The lowest BCUT2D eigenvalue weighted by atomic mass is 9.96. The first-order valence-electron chi connectivity index (χ1n) is 4.83. The van der Waals surface area contributed by atoms with Gasteiger partial charge in [0.2, 0.25) is 0 Å². The molecule has 0 bridgehead atoms. The molecule has 4 heteroatoms. The molecule has 1 atom stereocenters. The fourth-order valence-corrected chi connectivity index (χ4v) is 1.33. The maximum absolute atomic E-state index is 11.9. The molecule has 0 fully saturated rings. The molecular formula is C12H13NO3. The number of hydrogen-bond acceptors (Lipinski definition) is 4. The number of nitrogens with zero attached hydrogens (tertiary/aromatic N) is 1. The van der Waals surface area contributed by atoms with Crippen molar-refractivity contribution in [3.05, 3.63) is 42.7 Å². The molecule has 0 radical (unpaired) electrons. The number of Topliss-reactive ketones (excluding diaryl/α,β-unsaturated/α-hetero) is 1. The van der Waals surface area contributed by atoms with Gasteiger partial charge < -0.3 is 4.74 Å². The van der Waals surface area contributed by atoms with Crippen LogP contribution in [0.15, 0.2) is 37.2 Å². The van der Waals surface area contributed by atoms with E-state index in [2.05, 4.69) is 16.3 Å². The number of hydrogen-bond donors (Lipinski definition) is 0. The summed E-state index contributed by atoms with van der Waals surface area (Å²) in [4.78, 5) is 27.2. The van der Waals surface area contributed by atoms with Crippen molar-refractivity contribution in [1.82, 2.24) is 4.98 Å². The van der Waals surface area contributed by atoms with Crippen LogP contribution in [-0.2, 0) is 9.53 Å². The number of carbonyl (C=O) groups excluding carboxylic acids is 2. The van der Waals surface area contributed by atoms with E-state index >= 15 is 0 Å². The Labute approximate surface area is 94.0 Å². The molecule has 16 heavy (non-hydrogen) atoms. The van der Waals surface area contributed by atoms with Crippen molar-refractivity contribution < 1.29 is 14.3 Å². The maximum atomic E-state index is 11.9. The predicted molar refractivity (Wildman–Crippen MR) is 58.9 cm³/mol. The van der Waals surface area contributed by atoms with E-state index < -0.39 is 11.9 Å². The summed E-state index contributed by atoms with van der Waals surface area (Å²) in [6, 6.07) is 3.27. The zero-order valence-electron chi connectivity index (χ0n) is 9.05. The zero-order chi connectivity index (χ0) is 12.0. The van der Waals surface area contributed by atoms with Crippen LogP contribution in [0.2, 0.25) is 0 Å². The van der Waals surface area contributed by atoms with Crippen molar-refractivity contribution >= 4 is 11.8 Å². The Bertz CT molecular complexity index is 387. The van der Waals surface area contributed by atoms with Crippen LogP contribution in [0.3, 0.4) is 0 Å². The Morgan fingerprint density at radius 3 is 2.88 bits per heavy atom. The third kappa shape index (κ3) is 2.76. The van der Waals surface area contributed by atoms with Gasteiger partial charge in [-0.2, -0.15) is 0 Å². The molecule has 0 saturated heterocycles. The Morgan fingerprint density at radius 1 is 1.62 bits per heavy atom. The molecule has 0 saturated carbocycles. The number of pyridine rings is 1. The van der Waals surface area contributed by atoms with E-state index in [0.717, 1.165) is 0 Å². The van der Waals surface area contributed by atoms with E-state index in [1.165, 1.54) is 19.4 Å². The maximum Gasteiger partial charge on any atom is 0.316 e. The summed E-state index contributed by atoms with van der Waals surface area (Å²) in [7, 11) is 1.26. The summed E-state index contributed by atoms with van der Waals surface area (Å²) >= 11 is 0. The van der Waals surface area contributed by atoms with E-state index in [0.29, 0.717) is 5.56 Å². The normalized spacial score (nSPS) is 11.6. The monoisotopic (exact) mass is 219 g/mol. The van der Waals surface area contributed by atoms with Gasteiger partial charge in [-0.1, -0.05) is 6.08 Å². The second-order valence-electron chi connectivity index (χ2n) is 3.21. The van der Waals surface area contributed by atoms with E-state index in [-0.39, 0.29) is 12.2 Å². The van der Waals surface area contributed by atoms with Crippen LogP contribution >= 0.6 is 0 Å². The lowest BCUT2D eigenvalue weighted by molar-refractivity contribution is -0.143. The number of allylic oxidation sites excluding steroid dienone is 1. The molecule has 1 rings (SSSR count). The third-order valence-electron chi connectivity index (χ3n) is 2.15. The molecule has 0 spiro atoms. The Balaban J connectivity index is 2.91. The van der Waals surface area contributed by atoms with Crippen LogP contribution in [0.5, 0.6) is 0 Å². The molecule has 0 aliphatic carbocycles. The first-order chi connectivity index (χ1) is 7.70. The highest BCUT2D eigenvalue weighted by Gasteiger charge is 2.27. The van der Waals surface area contributed by atoms with Crippen molar-refractivity contribution in [3.8, 4) is 0 Å². The molecule has 0 aliphatic rings. The molecule has 1 aromatic rings. The SMILES string of the molecule is C=CCC(C(=O)OC)C(=O)c1cccnc1. The summed E-state index contributed by atoms with van der Waals surface area (Å²) < 4.78 is 4.58. The van der Waals surface area contributed by atoms with Gasteiger partial charge in [-0.05, 0) is 18.6 Å². The van der Waals surface area contributed by atoms with E-state index in [9.17, 15) is 9.59 Å². The minimum atomic E-state index is -0.827. The van der Waals surface area contributed by atoms with Crippen molar-refractivity contribution in [1.29, 1.82) is 0 Å². The van der Waals surface area contributed by atoms with Gasteiger partial charge in [-0.3, -0.25) is 14.6 Å². The molecule has 1 unspecified atom stereocenters. The lowest BCUT2D eigenvalue weighted by Crippen LogP contribution is -2.25. The highest BCUT2D eigenvalue weighted by atomic mass is 16.5. The first-order valence-corrected chi connectivity index (χ1v) is 4.83. The number of methoxy groups -OCH3 is 1. The van der Waals surface area contributed by atoms with Crippen molar-refractivity contribution in [2.24, 2.45) is 5.92 Å². The summed E-state index contributed by atoms with van der Waals surface area (Å²) in [6.07, 6.45) is 4.79. The third-order valence-corrected chi connectivity index (χ3v) is 2.15. The van der Waals surface area contributed by atoms with Gasteiger partial charge >= 0.3 is 5.97 Å². The number of rotatable bonds is 5. The van der Waals surface area contributed by atoms with Crippen LogP contribution in [0.4, 0.5) is 0 Å². The Morgan fingerprint density at radius 2 is 2.38 bits per heavy atom. The van der Waals surface area contributed by atoms with Gasteiger partial charge in [0, 0.05) is 18.0 Å².